The van der Waals surface area contributed by atoms with Crippen molar-refractivity contribution in [1.82, 2.24) is 43.7 Å². The van der Waals surface area contributed by atoms with Crippen molar-refractivity contribution >= 4 is 28.3 Å². The molecule has 1 N–H and O–H groups in total. The van der Waals surface area contributed by atoms with E-state index in [0.717, 1.165) is 52.8 Å². The number of rotatable bonds is 9. The molecule has 13 nitrogen and oxygen atoms in total. The summed E-state index contributed by atoms with van der Waals surface area (Å²) in [6.07, 6.45) is 12.1. The van der Waals surface area contributed by atoms with E-state index in [1.165, 1.54) is 10.9 Å². The van der Waals surface area contributed by atoms with E-state index >= 15 is 0 Å². The first-order valence-electron chi connectivity index (χ1n) is 17.6. The third-order valence-corrected chi connectivity index (χ3v) is 11.5. The molecule has 2 saturated heterocycles. The summed E-state index contributed by atoms with van der Waals surface area (Å²) in [6, 6.07) is 15.9. The SMILES string of the molecule is COc1ccc(-c2ncc(CN3CC[C@@H](C(=O)N4CCC(O)(Cn5cnc6c(ccn6-c6cnn(C)c6)c5=O)CC4)[C@H](c4ccccc4)C3)s2)cn1. The monoisotopic (exact) mass is 719 g/mol. The number of aryl methyl sites for hydroxylation is 1. The second-order valence-electron chi connectivity index (χ2n) is 13.9. The van der Waals surface area contributed by atoms with E-state index in [2.05, 4.69) is 37.1 Å². The van der Waals surface area contributed by atoms with E-state index in [1.54, 1.807) is 41.6 Å². The fourth-order valence-electron chi connectivity index (χ4n) is 7.62. The number of aromatic nitrogens is 7. The van der Waals surface area contributed by atoms with Gasteiger partial charge in [-0.05, 0) is 43.5 Å². The van der Waals surface area contributed by atoms with Crippen LogP contribution in [-0.4, -0.2) is 93.6 Å². The van der Waals surface area contributed by atoms with Gasteiger partial charge in [0.05, 0.1) is 36.5 Å². The maximum absolute atomic E-state index is 14.2. The second kappa shape index (κ2) is 14.1. The quantitative estimate of drug-likeness (QED) is 0.234. The van der Waals surface area contributed by atoms with Gasteiger partial charge < -0.3 is 14.7 Å². The van der Waals surface area contributed by atoms with Crippen LogP contribution in [-0.2, 0) is 24.9 Å². The van der Waals surface area contributed by atoms with Crippen LogP contribution in [0.3, 0.4) is 0 Å². The Hall–Kier alpha value is -5.18. The summed E-state index contributed by atoms with van der Waals surface area (Å²) in [6.45, 7) is 3.31. The summed E-state index contributed by atoms with van der Waals surface area (Å²) < 4.78 is 10.2. The van der Waals surface area contributed by atoms with E-state index < -0.39 is 5.60 Å². The van der Waals surface area contributed by atoms with E-state index in [1.807, 2.05) is 65.4 Å². The molecule has 1 amide bonds. The van der Waals surface area contributed by atoms with Gasteiger partial charge in [0.2, 0.25) is 11.8 Å². The normalized spacial score (nSPS) is 19.2. The number of pyridine rings is 1. The van der Waals surface area contributed by atoms with Crippen LogP contribution >= 0.6 is 11.3 Å². The summed E-state index contributed by atoms with van der Waals surface area (Å²) in [5, 5.41) is 17.3. The zero-order valence-corrected chi connectivity index (χ0v) is 30.0. The van der Waals surface area contributed by atoms with Crippen molar-refractivity contribution in [2.24, 2.45) is 13.0 Å². The van der Waals surface area contributed by atoms with Gasteiger partial charge in [-0.15, -0.1) is 11.3 Å². The molecule has 0 unspecified atom stereocenters. The Morgan fingerprint density at radius 3 is 2.58 bits per heavy atom. The minimum Gasteiger partial charge on any atom is -0.481 e. The Bertz CT molecular complexity index is 2240. The van der Waals surface area contributed by atoms with E-state index in [-0.39, 0.29) is 29.8 Å². The van der Waals surface area contributed by atoms with Crippen molar-refractivity contribution in [2.75, 3.05) is 33.3 Å². The lowest BCUT2D eigenvalue weighted by atomic mass is 9.79. The molecule has 2 fully saturated rings. The molecule has 268 valence electrons. The third-order valence-electron chi connectivity index (χ3n) is 10.5. The molecule has 0 spiro atoms. The molecule has 6 aromatic rings. The first kappa shape index (κ1) is 33.9. The van der Waals surface area contributed by atoms with Crippen molar-refractivity contribution in [3.05, 3.63) is 107 Å². The average Bonchev–Trinajstić information content (AvgIpc) is 3.93. The Morgan fingerprint density at radius 1 is 1.02 bits per heavy atom. The second-order valence-corrected chi connectivity index (χ2v) is 15.0. The zero-order valence-electron chi connectivity index (χ0n) is 29.2. The van der Waals surface area contributed by atoms with Crippen molar-refractivity contribution < 1.29 is 14.6 Å². The molecule has 0 saturated carbocycles. The van der Waals surface area contributed by atoms with Crippen LogP contribution in [0, 0.1) is 5.92 Å². The highest BCUT2D eigenvalue weighted by molar-refractivity contribution is 7.15. The number of fused-ring (bicyclic) bond motifs is 1. The molecule has 1 aromatic carbocycles. The highest BCUT2D eigenvalue weighted by Gasteiger charge is 2.41. The molecule has 2 aliphatic rings. The molecule has 14 heteroatoms. The minimum atomic E-state index is -1.13. The predicted octanol–water partition coefficient (Wildman–Crippen LogP) is 4.11. The third kappa shape index (κ3) is 6.76. The molecule has 2 atom stereocenters. The smallest absolute Gasteiger partial charge is 0.262 e. The first-order valence-corrected chi connectivity index (χ1v) is 18.4. The van der Waals surface area contributed by atoms with Crippen LogP contribution in [0.25, 0.3) is 27.3 Å². The van der Waals surface area contributed by atoms with E-state index in [9.17, 15) is 14.7 Å². The number of nitrogens with zero attached hydrogens (tertiary/aromatic N) is 9. The number of hydrogen-bond acceptors (Lipinski definition) is 10. The van der Waals surface area contributed by atoms with Crippen LogP contribution in [0.1, 0.15) is 35.6 Å². The number of likely N-dealkylation sites (tertiary alicyclic amines) is 2. The van der Waals surface area contributed by atoms with Crippen LogP contribution in [0.2, 0.25) is 0 Å². The number of carbonyl (C=O) groups is 1. The molecule has 7 heterocycles. The lowest BCUT2D eigenvalue weighted by Crippen LogP contribution is -2.53. The van der Waals surface area contributed by atoms with Gasteiger partial charge in [-0.1, -0.05) is 30.3 Å². The maximum Gasteiger partial charge on any atom is 0.262 e. The van der Waals surface area contributed by atoms with Gasteiger partial charge in [-0.2, -0.15) is 5.10 Å². The summed E-state index contributed by atoms with van der Waals surface area (Å²) in [7, 11) is 3.44. The van der Waals surface area contributed by atoms with Gasteiger partial charge in [0.15, 0.2) is 5.65 Å². The van der Waals surface area contributed by atoms with Crippen molar-refractivity contribution in [1.29, 1.82) is 0 Å². The standard InChI is InChI=1S/C38H41N9O4S/c1-43-21-28(19-42-43)47-15-11-31-34(47)41-25-46(37(31)49)24-38(50)12-16-45(17-13-38)36(48)30-10-14-44(23-32(30)26-6-4-3-5-7-26)22-29-20-40-35(52-29)27-8-9-33(51-2)39-18-27/h3-9,11,15,18-21,25,30,32,50H,10,12-14,16-17,22-24H2,1-2H3/t30-,32+/m1/s1. The van der Waals surface area contributed by atoms with Gasteiger partial charge in [0, 0.05) is 86.4 Å². The van der Waals surface area contributed by atoms with Crippen LogP contribution in [0.15, 0.2) is 90.6 Å². The number of hydrogen-bond donors (Lipinski definition) is 1. The number of benzene rings is 1. The molecule has 0 radical (unpaired) electrons. The minimum absolute atomic E-state index is 0.0387. The lowest BCUT2D eigenvalue weighted by Gasteiger charge is -2.43. The van der Waals surface area contributed by atoms with E-state index in [0.29, 0.717) is 42.8 Å². The molecule has 0 aliphatic carbocycles. The Kier molecular flexibility index (Phi) is 9.20. The largest absolute Gasteiger partial charge is 0.481 e. The van der Waals surface area contributed by atoms with Crippen LogP contribution < -0.4 is 10.3 Å². The van der Waals surface area contributed by atoms with Crippen LogP contribution in [0.4, 0.5) is 0 Å². The zero-order chi connectivity index (χ0) is 35.8. The fourth-order valence-corrected chi connectivity index (χ4v) is 8.56. The Balaban J connectivity index is 0.923. The maximum atomic E-state index is 14.2. The Morgan fingerprint density at radius 2 is 1.85 bits per heavy atom. The number of carbonyl (C=O) groups excluding carboxylic acids is 1. The molecular weight excluding hydrogens is 679 g/mol. The molecule has 5 aromatic heterocycles. The van der Waals surface area contributed by atoms with Gasteiger partial charge in [-0.3, -0.25) is 28.3 Å². The van der Waals surface area contributed by atoms with Gasteiger partial charge in [0.25, 0.3) is 5.56 Å². The lowest BCUT2D eigenvalue weighted by molar-refractivity contribution is -0.142. The Labute approximate surface area is 304 Å². The van der Waals surface area contributed by atoms with Crippen molar-refractivity contribution in [3.63, 3.8) is 0 Å². The average molecular weight is 720 g/mol. The number of methoxy groups -OCH3 is 1. The van der Waals surface area contributed by atoms with Crippen molar-refractivity contribution in [2.45, 2.75) is 43.9 Å². The molecule has 8 rings (SSSR count). The number of amides is 1. The summed E-state index contributed by atoms with van der Waals surface area (Å²) in [5.74, 6) is 0.587. The van der Waals surface area contributed by atoms with Gasteiger partial charge in [-0.25, -0.2) is 15.0 Å². The highest BCUT2D eigenvalue weighted by atomic mass is 32.1. The topological polar surface area (TPSA) is 136 Å². The van der Waals surface area contributed by atoms with Crippen LogP contribution in [0.5, 0.6) is 5.88 Å². The summed E-state index contributed by atoms with van der Waals surface area (Å²) in [5.41, 5.74) is 2.15. The molecule has 52 heavy (non-hydrogen) atoms. The number of aliphatic hydroxyl groups is 1. The first-order chi connectivity index (χ1) is 25.3. The fraction of sp³-hybridized carbons (Fsp3) is 0.368. The van der Waals surface area contributed by atoms with Gasteiger partial charge in [0.1, 0.15) is 11.3 Å². The number of piperidine rings is 2. The predicted molar refractivity (Wildman–Crippen MR) is 197 cm³/mol. The molecule has 2 aliphatic heterocycles. The highest BCUT2D eigenvalue weighted by Crippen LogP contribution is 2.37. The van der Waals surface area contributed by atoms with Crippen molar-refractivity contribution in [3.8, 4) is 22.1 Å². The number of ether oxygens (including phenoxy) is 1. The van der Waals surface area contributed by atoms with Gasteiger partial charge >= 0.3 is 0 Å². The summed E-state index contributed by atoms with van der Waals surface area (Å²) >= 11 is 1.66. The number of thiazole rings is 1. The summed E-state index contributed by atoms with van der Waals surface area (Å²) in [4.78, 5) is 46.8. The molecule has 0 bridgehead atoms. The van der Waals surface area contributed by atoms with E-state index in [4.69, 9.17) is 4.74 Å². The molecular formula is C38H41N9O4S.